The number of piperidine rings is 1. The third kappa shape index (κ3) is 3.73. The summed E-state index contributed by atoms with van der Waals surface area (Å²) in [5, 5.41) is 8.18. The van der Waals surface area contributed by atoms with Crippen molar-refractivity contribution in [2.45, 2.75) is 39.2 Å². The average Bonchev–Trinajstić information content (AvgIpc) is 2.89. The van der Waals surface area contributed by atoms with E-state index in [1.165, 1.54) is 4.31 Å². The number of pyridine rings is 1. The minimum Gasteiger partial charge on any atom is -0.349 e. The lowest BCUT2D eigenvalue weighted by molar-refractivity contribution is 0.0923. The molecular formula is C17H25N5O3S. The molecule has 0 aromatic carbocycles. The standard InChI is InChI=1S/C17H25N5O3S/c1-4-9-26(24,25)22-7-5-14(6-8-22)19-17(23)13-10-15-12(2)20-21(3)16(15)18-11-13/h10-11,14H,4-9H2,1-3H3,(H,19,23). The third-order valence-corrected chi connectivity index (χ3v) is 6.85. The molecule has 0 aliphatic carbocycles. The summed E-state index contributed by atoms with van der Waals surface area (Å²) in [5.74, 6) is -0.00213. The number of sulfonamides is 1. The number of nitrogens with one attached hydrogen (secondary N) is 1. The molecule has 0 radical (unpaired) electrons. The number of aromatic nitrogens is 3. The molecule has 1 aliphatic rings. The Morgan fingerprint density at radius 2 is 2.04 bits per heavy atom. The van der Waals surface area contributed by atoms with E-state index >= 15 is 0 Å². The normalized spacial score (nSPS) is 16.9. The van der Waals surface area contributed by atoms with Gasteiger partial charge in [0.05, 0.1) is 17.0 Å². The Balaban J connectivity index is 1.64. The maximum atomic E-state index is 12.5. The van der Waals surface area contributed by atoms with Crippen molar-refractivity contribution in [2.75, 3.05) is 18.8 Å². The summed E-state index contributed by atoms with van der Waals surface area (Å²) in [7, 11) is -1.34. The van der Waals surface area contributed by atoms with Gasteiger partial charge in [-0.05, 0) is 32.3 Å². The summed E-state index contributed by atoms with van der Waals surface area (Å²) >= 11 is 0. The molecule has 9 heteroatoms. The molecule has 3 heterocycles. The highest BCUT2D eigenvalue weighted by Crippen LogP contribution is 2.18. The zero-order valence-corrected chi connectivity index (χ0v) is 16.2. The van der Waals surface area contributed by atoms with Gasteiger partial charge in [0, 0.05) is 37.8 Å². The minimum absolute atomic E-state index is 0.0266. The van der Waals surface area contributed by atoms with E-state index in [0.29, 0.717) is 37.9 Å². The van der Waals surface area contributed by atoms with Gasteiger partial charge in [-0.3, -0.25) is 9.48 Å². The molecule has 1 N–H and O–H groups in total. The fourth-order valence-corrected chi connectivity index (χ4v) is 4.91. The SMILES string of the molecule is CCCS(=O)(=O)N1CCC(NC(=O)c2cnc3c(c2)c(C)nn3C)CC1. The van der Waals surface area contributed by atoms with Gasteiger partial charge in [-0.1, -0.05) is 6.92 Å². The first kappa shape index (κ1) is 18.8. The number of amides is 1. The van der Waals surface area contributed by atoms with Crippen molar-refractivity contribution in [3.05, 3.63) is 23.5 Å². The summed E-state index contributed by atoms with van der Waals surface area (Å²) in [5.41, 5.74) is 2.07. The molecule has 26 heavy (non-hydrogen) atoms. The van der Waals surface area contributed by atoms with E-state index in [0.717, 1.165) is 16.7 Å². The molecule has 0 atom stereocenters. The molecule has 2 aromatic rings. The number of nitrogens with zero attached hydrogens (tertiary/aromatic N) is 4. The molecule has 0 saturated carbocycles. The highest BCUT2D eigenvalue weighted by molar-refractivity contribution is 7.89. The number of hydrogen-bond acceptors (Lipinski definition) is 5. The molecular weight excluding hydrogens is 354 g/mol. The van der Waals surface area contributed by atoms with E-state index < -0.39 is 10.0 Å². The largest absolute Gasteiger partial charge is 0.349 e. The topological polar surface area (TPSA) is 97.2 Å². The lowest BCUT2D eigenvalue weighted by atomic mass is 10.1. The highest BCUT2D eigenvalue weighted by Gasteiger charge is 2.28. The Morgan fingerprint density at radius 3 is 2.69 bits per heavy atom. The van der Waals surface area contributed by atoms with Gasteiger partial charge in [0.2, 0.25) is 10.0 Å². The van der Waals surface area contributed by atoms with Crippen LogP contribution in [0.15, 0.2) is 12.3 Å². The fourth-order valence-electron chi connectivity index (χ4n) is 3.37. The molecule has 142 valence electrons. The van der Waals surface area contributed by atoms with Crippen LogP contribution in [0.2, 0.25) is 0 Å². The molecule has 1 saturated heterocycles. The van der Waals surface area contributed by atoms with E-state index in [-0.39, 0.29) is 17.7 Å². The number of rotatable bonds is 5. The van der Waals surface area contributed by atoms with Gasteiger partial charge < -0.3 is 5.32 Å². The van der Waals surface area contributed by atoms with E-state index in [2.05, 4.69) is 15.4 Å². The lowest BCUT2D eigenvalue weighted by Crippen LogP contribution is -2.47. The van der Waals surface area contributed by atoms with Crippen molar-refractivity contribution < 1.29 is 13.2 Å². The van der Waals surface area contributed by atoms with Crippen molar-refractivity contribution in [3.8, 4) is 0 Å². The number of hydrogen-bond donors (Lipinski definition) is 1. The first-order valence-electron chi connectivity index (χ1n) is 8.90. The molecule has 1 aliphatic heterocycles. The second-order valence-electron chi connectivity index (χ2n) is 6.77. The van der Waals surface area contributed by atoms with Gasteiger partial charge in [-0.2, -0.15) is 5.10 Å². The van der Waals surface area contributed by atoms with Gasteiger partial charge in [0.1, 0.15) is 0 Å². The Kier molecular flexibility index (Phi) is 5.29. The average molecular weight is 379 g/mol. The quantitative estimate of drug-likeness (QED) is 0.842. The Hall–Kier alpha value is -2.00. The molecule has 3 rings (SSSR count). The number of carbonyl (C=O) groups is 1. The van der Waals surface area contributed by atoms with Gasteiger partial charge in [-0.15, -0.1) is 0 Å². The van der Waals surface area contributed by atoms with Gasteiger partial charge in [0.25, 0.3) is 5.91 Å². The van der Waals surface area contributed by atoms with Crippen LogP contribution in [0, 0.1) is 6.92 Å². The highest BCUT2D eigenvalue weighted by atomic mass is 32.2. The minimum atomic E-state index is -3.16. The fraction of sp³-hybridized carbons (Fsp3) is 0.588. The molecule has 2 aromatic heterocycles. The third-order valence-electron chi connectivity index (χ3n) is 4.77. The van der Waals surface area contributed by atoms with Gasteiger partial charge >= 0.3 is 0 Å². The zero-order chi connectivity index (χ0) is 18.9. The number of fused-ring (bicyclic) bond motifs is 1. The van der Waals surface area contributed by atoms with Crippen LogP contribution in [0.3, 0.4) is 0 Å². The van der Waals surface area contributed by atoms with Crippen LogP contribution in [-0.2, 0) is 17.1 Å². The van der Waals surface area contributed by atoms with Crippen molar-refractivity contribution >= 4 is 27.0 Å². The molecule has 8 nitrogen and oxygen atoms in total. The van der Waals surface area contributed by atoms with Crippen LogP contribution >= 0.6 is 0 Å². The van der Waals surface area contributed by atoms with Gasteiger partial charge in [-0.25, -0.2) is 17.7 Å². The van der Waals surface area contributed by atoms with Crippen molar-refractivity contribution in [1.82, 2.24) is 24.4 Å². The van der Waals surface area contributed by atoms with Crippen LogP contribution < -0.4 is 5.32 Å². The summed E-state index contributed by atoms with van der Waals surface area (Å²) in [6.45, 7) is 4.65. The van der Waals surface area contributed by atoms with E-state index in [1.807, 2.05) is 20.9 Å². The number of aryl methyl sites for hydroxylation is 2. The smallest absolute Gasteiger partial charge is 0.253 e. The van der Waals surface area contributed by atoms with Crippen LogP contribution in [0.25, 0.3) is 11.0 Å². The Morgan fingerprint density at radius 1 is 1.35 bits per heavy atom. The summed E-state index contributed by atoms with van der Waals surface area (Å²) in [6.07, 6.45) is 3.41. The molecule has 0 bridgehead atoms. The zero-order valence-electron chi connectivity index (χ0n) is 15.4. The van der Waals surface area contributed by atoms with Crippen molar-refractivity contribution in [3.63, 3.8) is 0 Å². The first-order valence-corrected chi connectivity index (χ1v) is 10.5. The maximum Gasteiger partial charge on any atom is 0.253 e. The van der Waals surface area contributed by atoms with Crippen LogP contribution in [-0.4, -0.2) is 58.3 Å². The molecule has 1 amide bonds. The van der Waals surface area contributed by atoms with E-state index in [9.17, 15) is 13.2 Å². The van der Waals surface area contributed by atoms with Gasteiger partial charge in [0.15, 0.2) is 5.65 Å². The molecule has 0 spiro atoms. The summed E-state index contributed by atoms with van der Waals surface area (Å²) < 4.78 is 27.5. The monoisotopic (exact) mass is 379 g/mol. The van der Waals surface area contributed by atoms with Crippen molar-refractivity contribution in [1.29, 1.82) is 0 Å². The molecule has 0 unspecified atom stereocenters. The van der Waals surface area contributed by atoms with Crippen LogP contribution in [0.5, 0.6) is 0 Å². The second kappa shape index (κ2) is 7.32. The van der Waals surface area contributed by atoms with Crippen molar-refractivity contribution in [2.24, 2.45) is 7.05 Å². The predicted octanol–water partition coefficient (Wildman–Crippen LogP) is 1.21. The first-order chi connectivity index (χ1) is 12.3. The summed E-state index contributed by atoms with van der Waals surface area (Å²) in [6, 6.07) is 1.78. The van der Waals surface area contributed by atoms with E-state index in [1.54, 1.807) is 16.9 Å². The number of carbonyl (C=O) groups excluding carboxylic acids is 1. The Bertz CT molecular complexity index is 914. The lowest BCUT2D eigenvalue weighted by Gasteiger charge is -2.31. The van der Waals surface area contributed by atoms with E-state index in [4.69, 9.17) is 0 Å². The van der Waals surface area contributed by atoms with Crippen LogP contribution in [0.4, 0.5) is 0 Å². The maximum absolute atomic E-state index is 12.5. The summed E-state index contributed by atoms with van der Waals surface area (Å²) in [4.78, 5) is 16.9. The molecule has 1 fully saturated rings. The second-order valence-corrected chi connectivity index (χ2v) is 8.86. The predicted molar refractivity (Wildman–Crippen MR) is 99.4 cm³/mol. The Labute approximate surface area is 153 Å². The van der Waals surface area contributed by atoms with Crippen LogP contribution in [0.1, 0.15) is 42.2 Å².